The van der Waals surface area contributed by atoms with Gasteiger partial charge in [0.25, 0.3) is 5.91 Å². The van der Waals surface area contributed by atoms with Gasteiger partial charge in [-0.2, -0.15) is 10.2 Å². The molecule has 9 nitrogen and oxygen atoms in total. The monoisotopic (exact) mass is 451 g/mol. The van der Waals surface area contributed by atoms with Gasteiger partial charge in [0.05, 0.1) is 24.4 Å². The Kier molecular flexibility index (Phi) is 5.70. The molecule has 1 saturated carbocycles. The molecular weight excluding hydrogens is 418 g/mol. The number of hydrogen-bond acceptors (Lipinski definition) is 6. The van der Waals surface area contributed by atoms with Gasteiger partial charge < -0.3 is 15.4 Å². The van der Waals surface area contributed by atoms with E-state index >= 15 is 0 Å². The van der Waals surface area contributed by atoms with Crippen LogP contribution in [0.4, 0.5) is 0 Å². The van der Waals surface area contributed by atoms with Gasteiger partial charge in [-0.3, -0.25) is 9.89 Å². The number of carbonyl (C=O) groups excluding carboxylic acids is 1. The highest BCUT2D eigenvalue weighted by Crippen LogP contribution is 2.31. The summed E-state index contributed by atoms with van der Waals surface area (Å²) in [5.41, 5.74) is 5.15. The molecule has 4 heterocycles. The summed E-state index contributed by atoms with van der Waals surface area (Å²) >= 11 is 0. The number of pyridine rings is 1. The molecule has 1 saturated heterocycles. The van der Waals surface area contributed by atoms with Gasteiger partial charge in [0, 0.05) is 29.4 Å². The van der Waals surface area contributed by atoms with Gasteiger partial charge in [0.1, 0.15) is 12.0 Å². The first-order valence-electron chi connectivity index (χ1n) is 11.9. The van der Waals surface area contributed by atoms with Crippen molar-refractivity contribution in [3.05, 3.63) is 35.4 Å². The Morgan fingerprint density at radius 2 is 1.97 bits per heavy atom. The van der Waals surface area contributed by atoms with Crippen LogP contribution in [0, 0.1) is 6.92 Å². The highest BCUT2D eigenvalue weighted by molar-refractivity contribution is 5.96. The van der Waals surface area contributed by atoms with E-state index in [1.54, 1.807) is 10.8 Å². The number of aromatic amines is 1. The molecule has 176 valence electrons. The molecule has 0 radical (unpaired) electrons. The maximum Gasteiger partial charge on any atom is 0.269 e. The molecule has 0 unspecified atom stereocenters. The summed E-state index contributed by atoms with van der Waals surface area (Å²) in [7, 11) is 0. The summed E-state index contributed by atoms with van der Waals surface area (Å²) < 4.78 is 7.11. The highest BCUT2D eigenvalue weighted by atomic mass is 16.5. The van der Waals surface area contributed by atoms with Crippen LogP contribution in [-0.2, 0) is 4.74 Å². The Morgan fingerprint density at radius 3 is 2.64 bits per heavy atom. The Labute approximate surface area is 193 Å². The zero-order valence-electron chi connectivity index (χ0n) is 19.8. The molecule has 0 spiro atoms. The maximum absolute atomic E-state index is 13.2. The zero-order valence-corrected chi connectivity index (χ0v) is 19.8. The number of hydrogen-bond donors (Lipinski definition) is 3. The lowest BCUT2D eigenvalue weighted by Crippen LogP contribution is -2.61. The van der Waals surface area contributed by atoms with Crippen LogP contribution in [0.2, 0.25) is 0 Å². The zero-order chi connectivity index (χ0) is 23.2. The van der Waals surface area contributed by atoms with Crippen LogP contribution >= 0.6 is 0 Å². The van der Waals surface area contributed by atoms with E-state index in [1.807, 2.05) is 13.1 Å². The molecule has 3 aromatic rings. The SMILES string of the molecule is Cc1cc(-c2n[nH]c(C(=O)NC3CCC(NC4(C)COC4)CC3)c2C(C)C)cn2ncnc12. The summed E-state index contributed by atoms with van der Waals surface area (Å²) in [6.07, 6.45) is 7.53. The largest absolute Gasteiger partial charge is 0.377 e. The molecule has 2 aliphatic rings. The van der Waals surface area contributed by atoms with Gasteiger partial charge in [-0.25, -0.2) is 9.50 Å². The molecular formula is C24H33N7O2. The summed E-state index contributed by atoms with van der Waals surface area (Å²) in [5, 5.41) is 18.8. The number of amides is 1. The van der Waals surface area contributed by atoms with E-state index < -0.39 is 0 Å². The number of aryl methyl sites for hydroxylation is 1. The molecule has 3 N–H and O–H groups in total. The number of aromatic nitrogens is 5. The van der Waals surface area contributed by atoms with Gasteiger partial charge in [0.15, 0.2) is 5.65 Å². The van der Waals surface area contributed by atoms with E-state index in [0.717, 1.165) is 66.9 Å². The van der Waals surface area contributed by atoms with Gasteiger partial charge in [0.2, 0.25) is 0 Å². The van der Waals surface area contributed by atoms with Crippen LogP contribution in [0.15, 0.2) is 18.6 Å². The Bertz CT molecular complexity index is 1150. The third kappa shape index (κ3) is 4.27. The average molecular weight is 452 g/mol. The van der Waals surface area contributed by atoms with E-state index in [-0.39, 0.29) is 23.4 Å². The number of H-pyrrole nitrogens is 1. The lowest BCUT2D eigenvalue weighted by molar-refractivity contribution is -0.0713. The third-order valence-electron chi connectivity index (χ3n) is 6.90. The molecule has 1 aliphatic carbocycles. The van der Waals surface area contributed by atoms with Crippen LogP contribution in [0.3, 0.4) is 0 Å². The standard InChI is InChI=1S/C24H33N7O2/c1-14(2)19-20(16-9-15(3)22-25-13-26-31(22)10-16)29-30-21(19)23(32)27-17-5-7-18(8-6-17)28-24(4)11-33-12-24/h9-10,13-14,17-18,28H,5-8,11-12H2,1-4H3,(H,27,32)(H,29,30). The van der Waals surface area contributed by atoms with Crippen molar-refractivity contribution in [1.82, 2.24) is 35.4 Å². The molecule has 1 amide bonds. The van der Waals surface area contributed by atoms with E-state index in [2.05, 4.69) is 57.8 Å². The third-order valence-corrected chi connectivity index (χ3v) is 6.90. The quantitative estimate of drug-likeness (QED) is 0.532. The van der Waals surface area contributed by atoms with Crippen LogP contribution in [0.1, 0.15) is 74.0 Å². The molecule has 33 heavy (non-hydrogen) atoms. The van der Waals surface area contributed by atoms with Gasteiger partial charge in [-0.1, -0.05) is 13.8 Å². The van der Waals surface area contributed by atoms with Crippen molar-refractivity contribution in [3.63, 3.8) is 0 Å². The van der Waals surface area contributed by atoms with E-state index in [4.69, 9.17) is 4.74 Å². The van der Waals surface area contributed by atoms with E-state index in [9.17, 15) is 4.79 Å². The molecule has 0 atom stereocenters. The first kappa shape index (κ1) is 22.0. The number of fused-ring (bicyclic) bond motifs is 1. The summed E-state index contributed by atoms with van der Waals surface area (Å²) in [5.74, 6) is 0.0587. The fourth-order valence-corrected chi connectivity index (χ4v) is 5.15. The molecule has 3 aromatic heterocycles. The first-order chi connectivity index (χ1) is 15.8. The minimum Gasteiger partial charge on any atom is -0.377 e. The molecule has 9 heteroatoms. The normalized spacial score (nSPS) is 22.5. The van der Waals surface area contributed by atoms with Crippen LogP contribution in [-0.4, -0.2) is 61.5 Å². The second-order valence-corrected chi connectivity index (χ2v) is 10.2. The maximum atomic E-state index is 13.2. The number of rotatable bonds is 6. The smallest absolute Gasteiger partial charge is 0.269 e. The second kappa shape index (κ2) is 8.53. The van der Waals surface area contributed by atoms with Crippen molar-refractivity contribution in [3.8, 4) is 11.3 Å². The molecule has 2 fully saturated rings. The van der Waals surface area contributed by atoms with E-state index in [0.29, 0.717) is 11.7 Å². The van der Waals surface area contributed by atoms with Gasteiger partial charge in [-0.15, -0.1) is 0 Å². The van der Waals surface area contributed by atoms with Crippen molar-refractivity contribution >= 4 is 11.6 Å². The minimum atomic E-state index is -0.0771. The number of ether oxygens (including phenoxy) is 1. The van der Waals surface area contributed by atoms with Crippen molar-refractivity contribution in [2.24, 2.45) is 0 Å². The highest BCUT2D eigenvalue weighted by Gasteiger charge is 2.36. The predicted octanol–water partition coefficient (Wildman–Crippen LogP) is 2.97. The first-order valence-corrected chi connectivity index (χ1v) is 11.9. The Balaban J connectivity index is 1.30. The second-order valence-electron chi connectivity index (χ2n) is 10.2. The lowest BCUT2D eigenvalue weighted by Gasteiger charge is -2.43. The molecule has 0 bridgehead atoms. The van der Waals surface area contributed by atoms with Gasteiger partial charge >= 0.3 is 0 Å². The fourth-order valence-electron chi connectivity index (χ4n) is 5.15. The summed E-state index contributed by atoms with van der Waals surface area (Å²) in [6, 6.07) is 2.73. The number of nitrogens with zero attached hydrogens (tertiary/aromatic N) is 4. The van der Waals surface area contributed by atoms with Crippen LogP contribution in [0.25, 0.3) is 16.9 Å². The Morgan fingerprint density at radius 1 is 1.24 bits per heavy atom. The van der Waals surface area contributed by atoms with Crippen molar-refractivity contribution in [2.75, 3.05) is 13.2 Å². The summed E-state index contributed by atoms with van der Waals surface area (Å²) in [6.45, 7) is 9.98. The number of carbonyl (C=O) groups is 1. The van der Waals surface area contributed by atoms with Crippen molar-refractivity contribution in [2.45, 2.75) is 76.9 Å². The predicted molar refractivity (Wildman–Crippen MR) is 125 cm³/mol. The topological polar surface area (TPSA) is 109 Å². The fraction of sp³-hybridized carbons (Fsp3) is 0.583. The lowest BCUT2D eigenvalue weighted by atomic mass is 9.88. The minimum absolute atomic E-state index is 0.0771. The average Bonchev–Trinajstić information content (AvgIpc) is 3.41. The van der Waals surface area contributed by atoms with Crippen molar-refractivity contribution < 1.29 is 9.53 Å². The Hall–Kier alpha value is -2.78. The molecule has 1 aliphatic heterocycles. The van der Waals surface area contributed by atoms with Gasteiger partial charge in [-0.05, 0) is 57.1 Å². The van der Waals surface area contributed by atoms with Crippen molar-refractivity contribution in [1.29, 1.82) is 0 Å². The van der Waals surface area contributed by atoms with E-state index in [1.165, 1.54) is 0 Å². The molecule has 0 aromatic carbocycles. The molecule has 5 rings (SSSR count). The van der Waals surface area contributed by atoms with Crippen LogP contribution < -0.4 is 10.6 Å². The summed E-state index contributed by atoms with van der Waals surface area (Å²) in [4.78, 5) is 17.5. The number of nitrogens with one attached hydrogen (secondary N) is 3. The van der Waals surface area contributed by atoms with Crippen LogP contribution in [0.5, 0.6) is 0 Å².